The Morgan fingerprint density at radius 3 is 2.75 bits per heavy atom. The Morgan fingerprint density at radius 2 is 2.15 bits per heavy atom. The average molecular weight is 277 g/mol. The molecule has 0 amide bonds. The zero-order valence-corrected chi connectivity index (χ0v) is 11.5. The summed E-state index contributed by atoms with van der Waals surface area (Å²) in [5, 5.41) is 0. The van der Waals surface area contributed by atoms with Crippen LogP contribution in [0, 0.1) is 0 Å². The van der Waals surface area contributed by atoms with Gasteiger partial charge in [0.15, 0.2) is 5.76 Å². The van der Waals surface area contributed by atoms with Crippen molar-refractivity contribution < 1.29 is 19.0 Å². The summed E-state index contributed by atoms with van der Waals surface area (Å²) in [7, 11) is 0. The molecule has 20 heavy (non-hydrogen) atoms. The van der Waals surface area contributed by atoms with E-state index in [4.69, 9.17) is 19.9 Å². The van der Waals surface area contributed by atoms with Crippen molar-refractivity contribution in [3.05, 3.63) is 47.9 Å². The standard InChI is InChI=1S/C15H19NO4/c1-2-19-14(17)9-15(16,13-10-18-11-20-13)8-12-6-4-3-5-7-12/h3-7,10H,2,8-9,11,16H2,1H3. The third kappa shape index (κ3) is 3.51. The molecule has 1 atom stereocenters. The minimum absolute atomic E-state index is 0.0466. The largest absolute Gasteiger partial charge is 0.466 e. The number of esters is 1. The molecule has 108 valence electrons. The van der Waals surface area contributed by atoms with Crippen molar-refractivity contribution in [1.82, 2.24) is 0 Å². The number of carbonyl (C=O) groups excluding carboxylic acids is 1. The van der Waals surface area contributed by atoms with Crippen molar-refractivity contribution >= 4 is 5.97 Å². The molecule has 1 aliphatic heterocycles. The van der Waals surface area contributed by atoms with Crippen molar-refractivity contribution in [2.45, 2.75) is 25.3 Å². The van der Waals surface area contributed by atoms with Gasteiger partial charge in [0.25, 0.3) is 0 Å². The van der Waals surface area contributed by atoms with Crippen LogP contribution in [0.25, 0.3) is 0 Å². The van der Waals surface area contributed by atoms with E-state index in [1.807, 2.05) is 30.3 Å². The third-order valence-electron chi connectivity index (χ3n) is 3.09. The summed E-state index contributed by atoms with van der Waals surface area (Å²) in [6.45, 7) is 2.23. The number of carbonyl (C=O) groups is 1. The lowest BCUT2D eigenvalue weighted by atomic mass is 9.87. The molecular weight excluding hydrogens is 258 g/mol. The first-order valence-corrected chi connectivity index (χ1v) is 6.57. The predicted molar refractivity (Wildman–Crippen MR) is 73.4 cm³/mol. The summed E-state index contributed by atoms with van der Waals surface area (Å²) in [4.78, 5) is 11.8. The summed E-state index contributed by atoms with van der Waals surface area (Å²) in [6, 6.07) is 9.72. The van der Waals surface area contributed by atoms with E-state index in [1.54, 1.807) is 6.92 Å². The van der Waals surface area contributed by atoms with Crippen LogP contribution in [-0.2, 0) is 25.4 Å². The number of rotatable bonds is 6. The monoisotopic (exact) mass is 277 g/mol. The second-order valence-corrected chi connectivity index (χ2v) is 4.71. The maximum atomic E-state index is 11.8. The molecule has 2 N–H and O–H groups in total. The second kappa shape index (κ2) is 6.43. The molecule has 1 aliphatic rings. The van der Waals surface area contributed by atoms with Gasteiger partial charge >= 0.3 is 5.97 Å². The smallest absolute Gasteiger partial charge is 0.308 e. The van der Waals surface area contributed by atoms with E-state index in [2.05, 4.69) is 0 Å². The Morgan fingerprint density at radius 1 is 1.40 bits per heavy atom. The number of hydrogen-bond acceptors (Lipinski definition) is 5. The van der Waals surface area contributed by atoms with Crippen molar-refractivity contribution in [2.75, 3.05) is 13.4 Å². The van der Waals surface area contributed by atoms with Crippen LogP contribution in [0.2, 0.25) is 0 Å². The molecule has 1 heterocycles. The highest BCUT2D eigenvalue weighted by Crippen LogP contribution is 2.27. The molecule has 0 saturated carbocycles. The Balaban J connectivity index is 2.17. The van der Waals surface area contributed by atoms with Gasteiger partial charge in [0.1, 0.15) is 6.26 Å². The lowest BCUT2D eigenvalue weighted by molar-refractivity contribution is -0.144. The molecule has 0 radical (unpaired) electrons. The van der Waals surface area contributed by atoms with Gasteiger partial charge in [-0.1, -0.05) is 30.3 Å². The normalized spacial score (nSPS) is 16.6. The number of nitrogens with two attached hydrogens (primary N) is 1. The van der Waals surface area contributed by atoms with E-state index in [0.717, 1.165) is 5.56 Å². The van der Waals surface area contributed by atoms with E-state index in [-0.39, 0.29) is 19.2 Å². The molecule has 0 aromatic heterocycles. The highest BCUT2D eigenvalue weighted by Gasteiger charge is 2.37. The highest BCUT2D eigenvalue weighted by molar-refractivity contribution is 5.71. The van der Waals surface area contributed by atoms with Crippen LogP contribution in [0.15, 0.2) is 42.4 Å². The first kappa shape index (κ1) is 14.4. The fourth-order valence-electron chi connectivity index (χ4n) is 2.17. The van der Waals surface area contributed by atoms with Crippen LogP contribution >= 0.6 is 0 Å². The van der Waals surface area contributed by atoms with Crippen LogP contribution in [0.5, 0.6) is 0 Å². The van der Waals surface area contributed by atoms with Gasteiger partial charge in [0.2, 0.25) is 6.79 Å². The molecule has 5 heteroatoms. The number of ether oxygens (including phenoxy) is 3. The van der Waals surface area contributed by atoms with E-state index in [0.29, 0.717) is 18.8 Å². The van der Waals surface area contributed by atoms with E-state index >= 15 is 0 Å². The maximum Gasteiger partial charge on any atom is 0.308 e. The molecule has 0 saturated heterocycles. The molecule has 0 bridgehead atoms. The Bertz CT molecular complexity index is 486. The van der Waals surface area contributed by atoms with Gasteiger partial charge in [-0.2, -0.15) is 0 Å². The Hall–Kier alpha value is -2.01. The summed E-state index contributed by atoms with van der Waals surface area (Å²) < 4.78 is 15.4. The van der Waals surface area contributed by atoms with Crippen molar-refractivity contribution in [3.63, 3.8) is 0 Å². The average Bonchev–Trinajstić information content (AvgIpc) is 2.94. The first-order chi connectivity index (χ1) is 9.64. The van der Waals surface area contributed by atoms with Gasteiger partial charge in [0.05, 0.1) is 18.6 Å². The van der Waals surface area contributed by atoms with Gasteiger partial charge in [-0.25, -0.2) is 0 Å². The molecule has 2 rings (SSSR count). The molecule has 1 aromatic rings. The fraction of sp³-hybridized carbons (Fsp3) is 0.400. The van der Waals surface area contributed by atoms with Gasteiger partial charge < -0.3 is 19.9 Å². The lowest BCUT2D eigenvalue weighted by Crippen LogP contribution is -2.46. The molecule has 0 fully saturated rings. The van der Waals surface area contributed by atoms with Crippen molar-refractivity contribution in [1.29, 1.82) is 0 Å². The van der Waals surface area contributed by atoms with Gasteiger partial charge in [0, 0.05) is 0 Å². The lowest BCUT2D eigenvalue weighted by Gasteiger charge is -2.28. The minimum Gasteiger partial charge on any atom is -0.466 e. The second-order valence-electron chi connectivity index (χ2n) is 4.71. The first-order valence-electron chi connectivity index (χ1n) is 6.57. The van der Waals surface area contributed by atoms with E-state index in [9.17, 15) is 4.79 Å². The molecule has 1 unspecified atom stereocenters. The topological polar surface area (TPSA) is 70.8 Å². The van der Waals surface area contributed by atoms with E-state index in [1.165, 1.54) is 6.26 Å². The maximum absolute atomic E-state index is 11.8. The fourth-order valence-corrected chi connectivity index (χ4v) is 2.17. The third-order valence-corrected chi connectivity index (χ3v) is 3.09. The van der Waals surface area contributed by atoms with Crippen LogP contribution in [0.3, 0.4) is 0 Å². The number of benzene rings is 1. The van der Waals surface area contributed by atoms with Gasteiger partial charge in [-0.15, -0.1) is 0 Å². The summed E-state index contributed by atoms with van der Waals surface area (Å²) >= 11 is 0. The Kier molecular flexibility index (Phi) is 4.63. The molecule has 0 aliphatic carbocycles. The zero-order valence-electron chi connectivity index (χ0n) is 11.5. The van der Waals surface area contributed by atoms with Crippen LogP contribution in [-0.4, -0.2) is 24.9 Å². The SMILES string of the molecule is CCOC(=O)CC(N)(Cc1ccccc1)C1=COCO1. The number of hydrogen-bond donors (Lipinski definition) is 1. The summed E-state index contributed by atoms with van der Waals surface area (Å²) in [6.07, 6.45) is 1.99. The van der Waals surface area contributed by atoms with Gasteiger partial charge in [-0.3, -0.25) is 4.79 Å². The van der Waals surface area contributed by atoms with Crippen LogP contribution in [0.4, 0.5) is 0 Å². The van der Waals surface area contributed by atoms with Crippen LogP contribution < -0.4 is 5.73 Å². The zero-order chi connectivity index (χ0) is 14.4. The van der Waals surface area contributed by atoms with E-state index < -0.39 is 5.54 Å². The molecule has 0 spiro atoms. The van der Waals surface area contributed by atoms with Gasteiger partial charge in [-0.05, 0) is 18.9 Å². The molecule has 5 nitrogen and oxygen atoms in total. The highest BCUT2D eigenvalue weighted by atomic mass is 16.7. The summed E-state index contributed by atoms with van der Waals surface area (Å²) in [5.41, 5.74) is 6.46. The molecular formula is C15H19NO4. The quantitative estimate of drug-likeness (QED) is 0.802. The van der Waals surface area contributed by atoms with Crippen molar-refractivity contribution in [3.8, 4) is 0 Å². The summed E-state index contributed by atoms with van der Waals surface area (Å²) in [5.74, 6) is 0.136. The van der Waals surface area contributed by atoms with Crippen LogP contribution in [0.1, 0.15) is 18.9 Å². The Labute approximate surface area is 118 Å². The molecule has 1 aromatic carbocycles. The predicted octanol–water partition coefficient (Wildman–Crippen LogP) is 1.73. The van der Waals surface area contributed by atoms with Crippen molar-refractivity contribution in [2.24, 2.45) is 5.73 Å². The minimum atomic E-state index is -0.954.